The highest BCUT2D eigenvalue weighted by Crippen LogP contribution is 2.33. The van der Waals surface area contributed by atoms with Crippen molar-refractivity contribution in [2.24, 2.45) is 11.8 Å². The Morgan fingerprint density at radius 1 is 1.18 bits per heavy atom. The molecule has 1 aromatic rings. The number of hydrogen-bond acceptors (Lipinski definition) is 0. The number of halogens is 2. The molecule has 0 saturated heterocycles. The van der Waals surface area contributed by atoms with Crippen molar-refractivity contribution >= 4 is 27.5 Å². The third kappa shape index (κ3) is 3.72. The summed E-state index contributed by atoms with van der Waals surface area (Å²) in [5, 5.41) is 0. The highest BCUT2D eigenvalue weighted by molar-refractivity contribution is 9.10. The maximum Gasteiger partial charge on any atom is 0.0257 e. The van der Waals surface area contributed by atoms with Gasteiger partial charge in [0.1, 0.15) is 0 Å². The second kappa shape index (κ2) is 6.80. The Kier molecular flexibility index (Phi) is 5.37. The van der Waals surface area contributed by atoms with E-state index in [4.69, 9.17) is 11.6 Å². The third-order valence-corrected chi connectivity index (χ3v) is 5.12. The van der Waals surface area contributed by atoms with Gasteiger partial charge in [0.2, 0.25) is 0 Å². The monoisotopic (exact) mass is 314 g/mol. The highest BCUT2D eigenvalue weighted by atomic mass is 79.9. The summed E-state index contributed by atoms with van der Waals surface area (Å²) >= 11 is 9.82. The fourth-order valence-electron chi connectivity index (χ4n) is 2.90. The van der Waals surface area contributed by atoms with E-state index < -0.39 is 0 Å². The maximum absolute atomic E-state index is 6.19. The molecule has 0 heterocycles. The lowest BCUT2D eigenvalue weighted by molar-refractivity contribution is 0.265. The van der Waals surface area contributed by atoms with Crippen LogP contribution in [0.25, 0.3) is 0 Å². The van der Waals surface area contributed by atoms with Crippen LogP contribution in [0.15, 0.2) is 28.7 Å². The molecule has 1 aliphatic rings. The number of benzene rings is 1. The average Bonchev–Trinajstić information content (AvgIpc) is 2.39. The van der Waals surface area contributed by atoms with E-state index in [0.29, 0.717) is 5.92 Å². The third-order valence-electron chi connectivity index (χ3n) is 3.95. The molecule has 0 radical (unpaired) electrons. The van der Waals surface area contributed by atoms with Crippen molar-refractivity contribution < 1.29 is 0 Å². The Labute approximate surface area is 118 Å². The molecule has 1 aromatic carbocycles. The van der Waals surface area contributed by atoms with Gasteiger partial charge in [0.25, 0.3) is 0 Å². The van der Waals surface area contributed by atoms with Crippen molar-refractivity contribution in [1.82, 2.24) is 0 Å². The van der Waals surface area contributed by atoms with E-state index in [1.54, 1.807) is 0 Å². The van der Waals surface area contributed by atoms with Gasteiger partial charge < -0.3 is 0 Å². The first-order valence-corrected chi connectivity index (χ1v) is 7.93. The van der Waals surface area contributed by atoms with Crippen LogP contribution in [0.3, 0.4) is 0 Å². The summed E-state index contributed by atoms with van der Waals surface area (Å²) in [6, 6.07) is 8.53. The molecule has 1 atom stereocenters. The van der Waals surface area contributed by atoms with Crippen molar-refractivity contribution in [2.45, 2.75) is 38.5 Å². The van der Waals surface area contributed by atoms with Gasteiger partial charge in [0, 0.05) is 10.4 Å². The van der Waals surface area contributed by atoms with Crippen LogP contribution in [0, 0.1) is 11.8 Å². The Balaban J connectivity index is 2.01. The van der Waals surface area contributed by atoms with E-state index in [0.717, 1.165) is 18.2 Å². The molecule has 1 saturated carbocycles. The minimum Gasteiger partial charge on any atom is -0.126 e. The van der Waals surface area contributed by atoms with E-state index in [2.05, 4.69) is 40.2 Å². The molecule has 0 aromatic heterocycles. The highest BCUT2D eigenvalue weighted by Gasteiger charge is 2.23. The summed E-state index contributed by atoms with van der Waals surface area (Å²) in [5.74, 6) is 2.29. The molecular formula is C15H20BrCl. The number of alkyl halides is 1. The molecule has 17 heavy (non-hydrogen) atoms. The first-order valence-electron chi connectivity index (χ1n) is 6.60. The van der Waals surface area contributed by atoms with Crippen LogP contribution in [0.4, 0.5) is 0 Å². The van der Waals surface area contributed by atoms with Crippen molar-refractivity contribution in [2.75, 3.05) is 5.88 Å². The number of hydrogen-bond donors (Lipinski definition) is 0. The minimum atomic E-state index is 0.649. The van der Waals surface area contributed by atoms with Crippen LogP contribution in [0.1, 0.15) is 37.7 Å². The molecule has 0 nitrogen and oxygen atoms in total. The molecule has 0 bridgehead atoms. The molecule has 0 N–H and O–H groups in total. The zero-order chi connectivity index (χ0) is 12.1. The predicted molar refractivity (Wildman–Crippen MR) is 78.6 cm³/mol. The fraction of sp³-hybridized carbons (Fsp3) is 0.600. The van der Waals surface area contributed by atoms with E-state index in [1.807, 2.05) is 0 Å². The van der Waals surface area contributed by atoms with Gasteiger partial charge in [0.15, 0.2) is 0 Å². The summed E-state index contributed by atoms with van der Waals surface area (Å²) < 4.78 is 1.23. The fourth-order valence-corrected chi connectivity index (χ4v) is 3.71. The molecule has 2 heteroatoms. The SMILES string of the molecule is ClCC(Cc1ccccc1Br)C1CCCCC1. The van der Waals surface area contributed by atoms with Crippen LogP contribution in [-0.4, -0.2) is 5.88 Å². The maximum atomic E-state index is 6.19. The van der Waals surface area contributed by atoms with E-state index in [1.165, 1.54) is 42.1 Å². The molecule has 2 rings (SSSR count). The predicted octanol–water partition coefficient (Wildman–Crippen LogP) is 5.43. The Hall–Kier alpha value is -0.0100. The second-order valence-corrected chi connectivity index (χ2v) is 6.27. The zero-order valence-electron chi connectivity index (χ0n) is 10.2. The lowest BCUT2D eigenvalue weighted by atomic mass is 9.78. The van der Waals surface area contributed by atoms with Gasteiger partial charge in [-0.3, -0.25) is 0 Å². The Morgan fingerprint density at radius 3 is 2.53 bits per heavy atom. The summed E-state index contributed by atoms with van der Waals surface area (Å²) in [4.78, 5) is 0. The van der Waals surface area contributed by atoms with Crippen LogP contribution < -0.4 is 0 Å². The minimum absolute atomic E-state index is 0.649. The largest absolute Gasteiger partial charge is 0.126 e. The van der Waals surface area contributed by atoms with E-state index in [9.17, 15) is 0 Å². The van der Waals surface area contributed by atoms with E-state index in [-0.39, 0.29) is 0 Å². The molecule has 94 valence electrons. The molecule has 1 aliphatic carbocycles. The first-order chi connectivity index (χ1) is 8.31. The van der Waals surface area contributed by atoms with Crippen LogP contribution in [-0.2, 0) is 6.42 Å². The van der Waals surface area contributed by atoms with Gasteiger partial charge >= 0.3 is 0 Å². The second-order valence-electron chi connectivity index (χ2n) is 5.11. The lowest BCUT2D eigenvalue weighted by Crippen LogP contribution is -2.21. The molecule has 1 fully saturated rings. The van der Waals surface area contributed by atoms with E-state index >= 15 is 0 Å². The quantitative estimate of drug-likeness (QED) is 0.650. The summed E-state index contributed by atoms with van der Waals surface area (Å²) in [5.41, 5.74) is 1.41. The average molecular weight is 316 g/mol. The van der Waals surface area contributed by atoms with Gasteiger partial charge in [-0.1, -0.05) is 66.2 Å². The van der Waals surface area contributed by atoms with Crippen molar-refractivity contribution in [3.05, 3.63) is 34.3 Å². The number of rotatable bonds is 4. The molecular weight excluding hydrogens is 296 g/mol. The Morgan fingerprint density at radius 2 is 1.88 bits per heavy atom. The van der Waals surface area contributed by atoms with Gasteiger partial charge in [-0.2, -0.15) is 0 Å². The van der Waals surface area contributed by atoms with Gasteiger partial charge in [-0.05, 0) is 29.9 Å². The first kappa shape index (κ1) is 13.4. The standard InChI is InChI=1S/C15H20BrCl/c16-15-9-5-4-8-13(15)10-14(11-17)12-6-2-1-3-7-12/h4-5,8-9,12,14H,1-3,6-7,10-11H2. The Bertz CT molecular complexity index is 345. The van der Waals surface area contributed by atoms with Crippen molar-refractivity contribution in [3.8, 4) is 0 Å². The summed E-state index contributed by atoms with van der Waals surface area (Å²) in [6.07, 6.45) is 8.09. The van der Waals surface area contributed by atoms with Crippen molar-refractivity contribution in [3.63, 3.8) is 0 Å². The molecule has 0 amide bonds. The normalized spacial score (nSPS) is 19.2. The molecule has 0 aliphatic heterocycles. The van der Waals surface area contributed by atoms with Crippen LogP contribution in [0.5, 0.6) is 0 Å². The smallest absolute Gasteiger partial charge is 0.0257 e. The van der Waals surface area contributed by atoms with Gasteiger partial charge in [-0.15, -0.1) is 11.6 Å². The molecule has 0 spiro atoms. The van der Waals surface area contributed by atoms with Gasteiger partial charge in [0.05, 0.1) is 0 Å². The van der Waals surface area contributed by atoms with Crippen LogP contribution in [0.2, 0.25) is 0 Å². The summed E-state index contributed by atoms with van der Waals surface area (Å²) in [6.45, 7) is 0. The topological polar surface area (TPSA) is 0 Å². The zero-order valence-corrected chi connectivity index (χ0v) is 12.5. The van der Waals surface area contributed by atoms with Gasteiger partial charge in [-0.25, -0.2) is 0 Å². The lowest BCUT2D eigenvalue weighted by Gasteiger charge is -2.29. The van der Waals surface area contributed by atoms with Crippen molar-refractivity contribution in [1.29, 1.82) is 0 Å². The summed E-state index contributed by atoms with van der Waals surface area (Å²) in [7, 11) is 0. The van der Waals surface area contributed by atoms with Crippen LogP contribution >= 0.6 is 27.5 Å². The molecule has 1 unspecified atom stereocenters.